The lowest BCUT2D eigenvalue weighted by atomic mass is 9.94. The van der Waals surface area contributed by atoms with E-state index in [4.69, 9.17) is 9.47 Å². The van der Waals surface area contributed by atoms with E-state index in [1.807, 2.05) is 20.8 Å². The first-order chi connectivity index (χ1) is 16.3. The van der Waals surface area contributed by atoms with E-state index >= 15 is 0 Å². The van der Waals surface area contributed by atoms with Gasteiger partial charge < -0.3 is 19.5 Å². The third kappa shape index (κ3) is 5.26. The lowest BCUT2D eigenvalue weighted by Crippen LogP contribution is -2.31. The highest BCUT2D eigenvalue weighted by Gasteiger charge is 2.47. The quantitative estimate of drug-likeness (QED) is 0.138. The van der Waals surface area contributed by atoms with Crippen LogP contribution in [0.15, 0.2) is 54.1 Å². The second-order valence-corrected chi connectivity index (χ2v) is 8.04. The van der Waals surface area contributed by atoms with Gasteiger partial charge in [0.05, 0.1) is 34.8 Å². The molecule has 1 aliphatic rings. The Labute approximate surface area is 197 Å². The Balaban J connectivity index is 2.09. The van der Waals surface area contributed by atoms with Crippen molar-refractivity contribution >= 4 is 23.1 Å². The van der Waals surface area contributed by atoms with Crippen molar-refractivity contribution in [3.05, 3.63) is 75.3 Å². The van der Waals surface area contributed by atoms with E-state index in [0.29, 0.717) is 30.9 Å². The summed E-state index contributed by atoms with van der Waals surface area (Å²) in [6.07, 6.45) is 0.423. The minimum absolute atomic E-state index is 0.00100. The third-order valence-electron chi connectivity index (χ3n) is 5.40. The van der Waals surface area contributed by atoms with Crippen molar-refractivity contribution in [3.8, 4) is 5.75 Å². The summed E-state index contributed by atoms with van der Waals surface area (Å²) in [5, 5.41) is 22.8. The molecule has 1 atom stereocenters. The van der Waals surface area contributed by atoms with E-state index in [1.54, 1.807) is 30.3 Å². The van der Waals surface area contributed by atoms with Gasteiger partial charge in [0.1, 0.15) is 11.5 Å². The maximum Gasteiger partial charge on any atom is 0.295 e. The van der Waals surface area contributed by atoms with Crippen molar-refractivity contribution in [1.82, 2.24) is 4.90 Å². The Hall–Kier alpha value is -3.72. The molecule has 1 fully saturated rings. The van der Waals surface area contributed by atoms with E-state index in [0.717, 1.165) is 0 Å². The molecule has 1 saturated heterocycles. The molecule has 0 saturated carbocycles. The zero-order valence-electron chi connectivity index (χ0n) is 19.4. The Kier molecular flexibility index (Phi) is 8.01. The second kappa shape index (κ2) is 10.9. The van der Waals surface area contributed by atoms with E-state index in [1.165, 1.54) is 23.1 Å². The van der Waals surface area contributed by atoms with E-state index in [2.05, 4.69) is 0 Å². The van der Waals surface area contributed by atoms with E-state index < -0.39 is 28.4 Å². The van der Waals surface area contributed by atoms with Crippen LogP contribution in [0.4, 0.5) is 5.69 Å². The minimum Gasteiger partial charge on any atom is -0.507 e. The van der Waals surface area contributed by atoms with Crippen molar-refractivity contribution in [3.63, 3.8) is 0 Å². The summed E-state index contributed by atoms with van der Waals surface area (Å²) in [4.78, 5) is 38.5. The molecule has 0 aromatic heterocycles. The zero-order valence-corrected chi connectivity index (χ0v) is 19.4. The molecular formula is C25H28N2O7. The standard InChI is InChI=1S/C25H28N2O7/c1-4-33-18-12-10-17(11-13-18)23(28)21-22(19-8-5-6-9-20(19)27(31)32)26(25(30)24(21)29)14-7-15-34-16(2)3/h5-6,8-13,16,22,28H,4,7,14-15H2,1-3H3/b23-21-. The Bertz CT molecular complexity index is 1090. The van der Waals surface area contributed by atoms with Crippen molar-refractivity contribution in [2.24, 2.45) is 0 Å². The number of amides is 1. The van der Waals surface area contributed by atoms with Gasteiger partial charge in [-0.3, -0.25) is 19.7 Å². The van der Waals surface area contributed by atoms with Gasteiger partial charge in [0.15, 0.2) is 0 Å². The summed E-state index contributed by atoms with van der Waals surface area (Å²) in [7, 11) is 0. The zero-order chi connectivity index (χ0) is 24.8. The molecule has 0 spiro atoms. The van der Waals surface area contributed by atoms with Crippen molar-refractivity contribution in [1.29, 1.82) is 0 Å². The van der Waals surface area contributed by atoms with Crippen molar-refractivity contribution in [2.75, 3.05) is 19.8 Å². The topological polar surface area (TPSA) is 119 Å². The van der Waals surface area contributed by atoms with Crippen LogP contribution in [0.25, 0.3) is 5.76 Å². The molecule has 1 heterocycles. The third-order valence-corrected chi connectivity index (χ3v) is 5.40. The number of Topliss-reactive ketones (excluding diaryl/α,β-unsaturated/α-hetero) is 1. The highest BCUT2D eigenvalue weighted by Crippen LogP contribution is 2.42. The second-order valence-electron chi connectivity index (χ2n) is 8.04. The molecule has 0 radical (unpaired) electrons. The first kappa shape index (κ1) is 24.9. The average Bonchev–Trinajstić information content (AvgIpc) is 3.06. The van der Waals surface area contributed by atoms with Gasteiger partial charge in [0.2, 0.25) is 0 Å². The summed E-state index contributed by atoms with van der Waals surface area (Å²) in [5.74, 6) is -1.52. The number of aliphatic hydroxyl groups excluding tert-OH is 1. The predicted molar refractivity (Wildman–Crippen MR) is 125 cm³/mol. The van der Waals surface area contributed by atoms with Crippen LogP contribution in [0, 0.1) is 10.1 Å². The fourth-order valence-corrected chi connectivity index (χ4v) is 3.90. The molecule has 1 amide bonds. The maximum absolute atomic E-state index is 13.1. The number of rotatable bonds is 10. The highest BCUT2D eigenvalue weighted by atomic mass is 16.6. The molecule has 9 heteroatoms. The number of hydrogen-bond donors (Lipinski definition) is 1. The van der Waals surface area contributed by atoms with Crippen LogP contribution in [-0.4, -0.2) is 52.5 Å². The molecule has 2 aromatic carbocycles. The molecule has 1 unspecified atom stereocenters. The summed E-state index contributed by atoms with van der Waals surface area (Å²) in [6.45, 7) is 6.56. The lowest BCUT2D eigenvalue weighted by molar-refractivity contribution is -0.385. The van der Waals surface area contributed by atoms with Gasteiger partial charge in [0, 0.05) is 24.8 Å². The van der Waals surface area contributed by atoms with Gasteiger partial charge >= 0.3 is 0 Å². The summed E-state index contributed by atoms with van der Waals surface area (Å²) < 4.78 is 10.9. The van der Waals surface area contributed by atoms with Gasteiger partial charge in [0.25, 0.3) is 17.4 Å². The molecule has 0 aliphatic carbocycles. The van der Waals surface area contributed by atoms with Gasteiger partial charge in [-0.25, -0.2) is 0 Å². The van der Waals surface area contributed by atoms with Gasteiger partial charge in [-0.15, -0.1) is 0 Å². The Morgan fingerprint density at radius 1 is 1.15 bits per heavy atom. The van der Waals surface area contributed by atoms with Gasteiger partial charge in [-0.2, -0.15) is 0 Å². The predicted octanol–water partition coefficient (Wildman–Crippen LogP) is 4.23. The molecule has 3 rings (SSSR count). The fourth-order valence-electron chi connectivity index (χ4n) is 3.90. The number of nitro groups is 1. The summed E-state index contributed by atoms with van der Waals surface area (Å²) in [6, 6.07) is 11.2. The van der Waals surface area contributed by atoms with Crippen LogP contribution in [0.5, 0.6) is 5.75 Å². The molecular weight excluding hydrogens is 440 g/mol. The molecule has 180 valence electrons. The number of likely N-dealkylation sites (tertiary alicyclic amines) is 1. The molecule has 1 aliphatic heterocycles. The summed E-state index contributed by atoms with van der Waals surface area (Å²) in [5.41, 5.74) is 0.0285. The van der Waals surface area contributed by atoms with Crippen LogP contribution < -0.4 is 4.74 Å². The number of ketones is 1. The molecule has 2 aromatic rings. The normalized spacial score (nSPS) is 17.4. The van der Waals surface area contributed by atoms with Crippen LogP contribution >= 0.6 is 0 Å². The van der Waals surface area contributed by atoms with Gasteiger partial charge in [-0.05, 0) is 57.5 Å². The first-order valence-corrected chi connectivity index (χ1v) is 11.1. The molecule has 9 nitrogen and oxygen atoms in total. The number of aliphatic hydroxyl groups is 1. The van der Waals surface area contributed by atoms with Crippen molar-refractivity contribution in [2.45, 2.75) is 39.3 Å². The maximum atomic E-state index is 13.1. The molecule has 1 N–H and O–H groups in total. The SMILES string of the molecule is CCOc1ccc(/C(O)=C2/C(=O)C(=O)N(CCCOC(C)C)C2c2ccccc2[N+](=O)[O-])cc1. The van der Waals surface area contributed by atoms with Crippen LogP contribution in [0.3, 0.4) is 0 Å². The Morgan fingerprint density at radius 3 is 2.44 bits per heavy atom. The van der Waals surface area contributed by atoms with Gasteiger partial charge in [-0.1, -0.05) is 12.1 Å². The van der Waals surface area contributed by atoms with E-state index in [-0.39, 0.29) is 29.5 Å². The number of benzene rings is 2. The number of carbonyl (C=O) groups is 2. The van der Waals surface area contributed by atoms with Crippen LogP contribution in [0.1, 0.15) is 44.4 Å². The van der Waals surface area contributed by atoms with E-state index in [9.17, 15) is 24.8 Å². The highest BCUT2D eigenvalue weighted by molar-refractivity contribution is 6.46. The Morgan fingerprint density at radius 2 is 1.82 bits per heavy atom. The fraction of sp³-hybridized carbons (Fsp3) is 0.360. The number of para-hydroxylation sites is 1. The smallest absolute Gasteiger partial charge is 0.295 e. The number of ether oxygens (including phenoxy) is 2. The monoisotopic (exact) mass is 468 g/mol. The lowest BCUT2D eigenvalue weighted by Gasteiger charge is -2.25. The number of hydrogen-bond acceptors (Lipinski definition) is 7. The number of carbonyl (C=O) groups excluding carboxylic acids is 2. The average molecular weight is 469 g/mol. The van der Waals surface area contributed by atoms with Crippen molar-refractivity contribution < 1.29 is 29.1 Å². The summed E-state index contributed by atoms with van der Waals surface area (Å²) >= 11 is 0. The van der Waals surface area contributed by atoms with Crippen LogP contribution in [0.2, 0.25) is 0 Å². The number of nitrogens with zero attached hydrogens (tertiary/aromatic N) is 2. The first-order valence-electron chi connectivity index (χ1n) is 11.1. The molecule has 34 heavy (non-hydrogen) atoms. The molecule has 0 bridgehead atoms. The minimum atomic E-state index is -1.10. The van der Waals surface area contributed by atoms with Crippen LogP contribution in [-0.2, 0) is 14.3 Å². The number of nitro benzene ring substituents is 1. The largest absolute Gasteiger partial charge is 0.507 e.